The van der Waals surface area contributed by atoms with Crippen LogP contribution in [0.15, 0.2) is 30.3 Å². The van der Waals surface area contributed by atoms with Gasteiger partial charge in [-0.05, 0) is 30.2 Å². The number of nitrogens with one attached hydrogen (secondary N) is 1. The molecule has 160 valence electrons. The molecule has 0 unspecified atom stereocenters. The molecule has 10 heteroatoms. The van der Waals surface area contributed by atoms with Gasteiger partial charge in [-0.2, -0.15) is 0 Å². The topological polar surface area (TPSA) is 126 Å². The number of nitro groups is 1. The number of methoxy groups -OCH3 is 3. The first-order valence-electron chi connectivity index (χ1n) is 8.79. The van der Waals surface area contributed by atoms with Crippen LogP contribution in [-0.2, 0) is 20.7 Å². The second-order valence-corrected chi connectivity index (χ2v) is 6.15. The summed E-state index contributed by atoms with van der Waals surface area (Å²) in [5.41, 5.74) is 0.867. The summed E-state index contributed by atoms with van der Waals surface area (Å²) in [6, 6.07) is 7.61. The number of carbonyl (C=O) groups excluding carboxylic acids is 2. The second kappa shape index (κ2) is 10.1. The molecule has 0 bridgehead atoms. The van der Waals surface area contributed by atoms with Crippen molar-refractivity contribution >= 4 is 23.3 Å². The maximum Gasteiger partial charge on any atom is 0.310 e. The van der Waals surface area contributed by atoms with Crippen LogP contribution in [0.2, 0.25) is 0 Å². The van der Waals surface area contributed by atoms with Crippen molar-refractivity contribution < 1.29 is 33.5 Å². The molecule has 0 aliphatic rings. The first-order valence-corrected chi connectivity index (χ1v) is 8.79. The van der Waals surface area contributed by atoms with Gasteiger partial charge in [0.15, 0.2) is 18.1 Å². The third kappa shape index (κ3) is 5.37. The van der Waals surface area contributed by atoms with Crippen LogP contribution in [0, 0.1) is 17.0 Å². The highest BCUT2D eigenvalue weighted by Crippen LogP contribution is 2.38. The van der Waals surface area contributed by atoms with E-state index in [4.69, 9.17) is 18.9 Å². The lowest BCUT2D eigenvalue weighted by atomic mass is 10.1. The van der Waals surface area contributed by atoms with E-state index < -0.39 is 23.4 Å². The van der Waals surface area contributed by atoms with Crippen molar-refractivity contribution in [2.24, 2.45) is 0 Å². The van der Waals surface area contributed by atoms with Gasteiger partial charge in [0, 0.05) is 6.07 Å². The Morgan fingerprint density at radius 3 is 2.23 bits per heavy atom. The van der Waals surface area contributed by atoms with Crippen LogP contribution in [0.5, 0.6) is 17.2 Å². The fraction of sp³-hybridized carbons (Fsp3) is 0.300. The van der Waals surface area contributed by atoms with Crippen LogP contribution >= 0.6 is 0 Å². The predicted octanol–water partition coefficient (Wildman–Crippen LogP) is 2.65. The Kier molecular flexibility index (Phi) is 7.56. The highest BCUT2D eigenvalue weighted by atomic mass is 16.6. The summed E-state index contributed by atoms with van der Waals surface area (Å²) < 4.78 is 20.7. The minimum absolute atomic E-state index is 0.0631. The summed E-state index contributed by atoms with van der Waals surface area (Å²) in [6.07, 6.45) is -0.144. The summed E-state index contributed by atoms with van der Waals surface area (Å²) in [5, 5.41) is 13.5. The lowest BCUT2D eigenvalue weighted by Crippen LogP contribution is -2.22. The molecule has 1 amide bonds. The van der Waals surface area contributed by atoms with Gasteiger partial charge in [-0.15, -0.1) is 0 Å². The molecule has 2 aromatic carbocycles. The third-order valence-corrected chi connectivity index (χ3v) is 4.15. The first kappa shape index (κ1) is 22.5. The zero-order valence-electron chi connectivity index (χ0n) is 17.0. The minimum Gasteiger partial charge on any atom is -0.493 e. The van der Waals surface area contributed by atoms with E-state index in [1.165, 1.54) is 33.5 Å². The monoisotopic (exact) mass is 418 g/mol. The first-order chi connectivity index (χ1) is 14.3. The second-order valence-electron chi connectivity index (χ2n) is 6.15. The van der Waals surface area contributed by atoms with Gasteiger partial charge >= 0.3 is 5.97 Å². The number of nitrogens with zero attached hydrogens (tertiary/aromatic N) is 1. The Hall–Kier alpha value is -3.82. The number of aryl methyl sites for hydroxylation is 1. The fourth-order valence-electron chi connectivity index (χ4n) is 2.74. The quantitative estimate of drug-likeness (QED) is 0.374. The molecule has 0 fully saturated rings. The molecule has 0 heterocycles. The van der Waals surface area contributed by atoms with Crippen molar-refractivity contribution in [2.75, 3.05) is 33.3 Å². The van der Waals surface area contributed by atoms with E-state index in [1.807, 2.05) is 0 Å². The van der Waals surface area contributed by atoms with Crippen LogP contribution in [0.3, 0.4) is 0 Å². The molecule has 10 nitrogen and oxygen atoms in total. The summed E-state index contributed by atoms with van der Waals surface area (Å²) in [5.74, 6) is -0.214. The van der Waals surface area contributed by atoms with E-state index in [1.54, 1.807) is 25.1 Å². The third-order valence-electron chi connectivity index (χ3n) is 4.15. The number of anilines is 1. The molecule has 2 rings (SSSR count). The molecule has 0 spiro atoms. The Morgan fingerprint density at radius 1 is 1.07 bits per heavy atom. The molecule has 0 saturated heterocycles. The molecule has 0 aliphatic heterocycles. The van der Waals surface area contributed by atoms with E-state index in [0.717, 1.165) is 0 Å². The van der Waals surface area contributed by atoms with Gasteiger partial charge in [0.2, 0.25) is 5.75 Å². The summed E-state index contributed by atoms with van der Waals surface area (Å²) >= 11 is 0. The van der Waals surface area contributed by atoms with Crippen LogP contribution < -0.4 is 19.5 Å². The average molecular weight is 418 g/mol. The summed E-state index contributed by atoms with van der Waals surface area (Å²) in [7, 11) is 4.37. The highest BCUT2D eigenvalue weighted by Gasteiger charge is 2.19. The zero-order valence-corrected chi connectivity index (χ0v) is 17.0. The van der Waals surface area contributed by atoms with Crippen LogP contribution in [0.4, 0.5) is 11.4 Å². The van der Waals surface area contributed by atoms with Gasteiger partial charge in [-0.25, -0.2) is 0 Å². The number of carbonyl (C=O) groups is 2. The van der Waals surface area contributed by atoms with Gasteiger partial charge < -0.3 is 24.3 Å². The van der Waals surface area contributed by atoms with Crippen LogP contribution in [0.25, 0.3) is 0 Å². The fourth-order valence-corrected chi connectivity index (χ4v) is 2.74. The van der Waals surface area contributed by atoms with Crippen LogP contribution in [0.1, 0.15) is 11.1 Å². The minimum atomic E-state index is -0.689. The van der Waals surface area contributed by atoms with E-state index >= 15 is 0 Å². The van der Waals surface area contributed by atoms with Crippen molar-refractivity contribution in [3.8, 4) is 17.2 Å². The number of esters is 1. The molecule has 0 aromatic heterocycles. The molecule has 0 radical (unpaired) electrons. The van der Waals surface area contributed by atoms with E-state index in [-0.39, 0.29) is 17.8 Å². The average Bonchev–Trinajstić information content (AvgIpc) is 2.72. The number of ether oxygens (including phenoxy) is 4. The standard InChI is InChI=1S/C20H22N2O8/c1-12-6-5-7-14(22(25)26)19(12)21-17(23)11-30-18(24)10-13-8-15(27-2)20(29-4)16(9-13)28-3/h5-9H,10-11H2,1-4H3,(H,21,23). The Balaban J connectivity index is 2.02. The smallest absolute Gasteiger partial charge is 0.310 e. The molecule has 0 atom stereocenters. The zero-order chi connectivity index (χ0) is 22.3. The lowest BCUT2D eigenvalue weighted by Gasteiger charge is -2.14. The van der Waals surface area contributed by atoms with Crippen molar-refractivity contribution in [3.63, 3.8) is 0 Å². The van der Waals surface area contributed by atoms with Gasteiger partial charge in [-0.3, -0.25) is 19.7 Å². The SMILES string of the molecule is COc1cc(CC(=O)OCC(=O)Nc2c(C)cccc2[N+](=O)[O-])cc(OC)c1OC. The lowest BCUT2D eigenvalue weighted by molar-refractivity contribution is -0.384. The molecular formula is C20H22N2O8. The molecule has 1 N–H and O–H groups in total. The predicted molar refractivity (Wildman–Crippen MR) is 107 cm³/mol. The molecule has 2 aromatic rings. The molecule has 0 saturated carbocycles. The van der Waals surface area contributed by atoms with Crippen molar-refractivity contribution in [2.45, 2.75) is 13.3 Å². The largest absolute Gasteiger partial charge is 0.493 e. The van der Waals surface area contributed by atoms with Crippen molar-refractivity contribution in [1.82, 2.24) is 0 Å². The van der Waals surface area contributed by atoms with E-state index in [9.17, 15) is 19.7 Å². The van der Waals surface area contributed by atoms with Crippen LogP contribution in [-0.4, -0.2) is 44.7 Å². The number of para-hydroxylation sites is 1. The maximum absolute atomic E-state index is 12.1. The number of hydrogen-bond donors (Lipinski definition) is 1. The van der Waals surface area contributed by atoms with Crippen molar-refractivity contribution in [3.05, 3.63) is 51.6 Å². The highest BCUT2D eigenvalue weighted by molar-refractivity contribution is 5.95. The number of benzene rings is 2. The number of nitro benzene ring substituents is 1. The van der Waals surface area contributed by atoms with Gasteiger partial charge in [0.05, 0.1) is 32.7 Å². The Labute approximate surface area is 172 Å². The van der Waals surface area contributed by atoms with Gasteiger partial charge in [-0.1, -0.05) is 12.1 Å². The number of amides is 1. The van der Waals surface area contributed by atoms with E-state index in [0.29, 0.717) is 28.4 Å². The van der Waals surface area contributed by atoms with Gasteiger partial charge in [0.25, 0.3) is 11.6 Å². The number of rotatable bonds is 9. The Bertz CT molecular complexity index is 933. The molecular weight excluding hydrogens is 396 g/mol. The maximum atomic E-state index is 12.1. The molecule has 0 aliphatic carbocycles. The summed E-state index contributed by atoms with van der Waals surface area (Å²) in [6.45, 7) is 1.04. The Morgan fingerprint density at radius 2 is 1.70 bits per heavy atom. The van der Waals surface area contributed by atoms with E-state index in [2.05, 4.69) is 5.32 Å². The normalized spacial score (nSPS) is 10.1. The van der Waals surface area contributed by atoms with Gasteiger partial charge in [0.1, 0.15) is 5.69 Å². The number of hydrogen-bond acceptors (Lipinski definition) is 8. The summed E-state index contributed by atoms with van der Waals surface area (Å²) in [4.78, 5) is 34.8. The molecule has 30 heavy (non-hydrogen) atoms. The van der Waals surface area contributed by atoms with Crippen molar-refractivity contribution in [1.29, 1.82) is 0 Å².